The molecule has 1 heterocycles. The van der Waals surface area contributed by atoms with Crippen molar-refractivity contribution >= 4 is 0 Å². The van der Waals surface area contributed by atoms with E-state index in [1.807, 2.05) is 30.6 Å². The number of ether oxygens (including phenoxy) is 1. The van der Waals surface area contributed by atoms with Crippen LogP contribution in [0.5, 0.6) is 5.75 Å². The minimum atomic E-state index is 0.395. The molecule has 2 heteroatoms. The number of pyridine rings is 1. The predicted molar refractivity (Wildman–Crippen MR) is 127 cm³/mol. The average Bonchev–Trinajstić information content (AvgIpc) is 2.85. The minimum absolute atomic E-state index is 0.395. The Morgan fingerprint density at radius 1 is 0.645 bits per heavy atom. The lowest BCUT2D eigenvalue weighted by Crippen LogP contribution is -2.14. The molecule has 2 nitrogen and oxygen atoms in total. The molecular formula is C29H29NO. The minimum Gasteiger partial charge on any atom is -0.489 e. The maximum atomic E-state index is 5.99. The fourth-order valence-corrected chi connectivity index (χ4v) is 4.28. The lowest BCUT2D eigenvalue weighted by Gasteiger charge is -2.28. The van der Waals surface area contributed by atoms with Crippen LogP contribution in [0.1, 0.15) is 47.4 Å². The smallest absolute Gasteiger partial charge is 0.119 e. The van der Waals surface area contributed by atoms with Gasteiger partial charge in [-0.05, 0) is 71.2 Å². The summed E-state index contributed by atoms with van der Waals surface area (Å²) in [4.78, 5) is 4.23. The van der Waals surface area contributed by atoms with Crippen LogP contribution in [0, 0.1) is 0 Å². The molecular weight excluding hydrogens is 378 g/mol. The molecule has 0 aliphatic heterocycles. The molecule has 0 amide bonds. The quantitative estimate of drug-likeness (QED) is 0.293. The van der Waals surface area contributed by atoms with Crippen molar-refractivity contribution in [2.24, 2.45) is 0 Å². The standard InChI is InChI=1S/C29H29NO/c1-2-28(25-13-15-27(16-14-25)31-22-24-11-7-4-8-12-24)29(26-17-19-30-20-18-26)21-23-9-5-3-6-10-23/h3-20,28-29H,2,21-22H2,1H3/t28-,29-/m0/s1. The van der Waals surface area contributed by atoms with Gasteiger partial charge in [-0.25, -0.2) is 0 Å². The van der Waals surface area contributed by atoms with E-state index in [2.05, 4.69) is 90.8 Å². The molecule has 0 bridgehead atoms. The van der Waals surface area contributed by atoms with Gasteiger partial charge in [-0.3, -0.25) is 4.98 Å². The Kier molecular flexibility index (Phi) is 7.12. The van der Waals surface area contributed by atoms with Gasteiger partial charge in [0.2, 0.25) is 0 Å². The van der Waals surface area contributed by atoms with Crippen LogP contribution in [0.15, 0.2) is 109 Å². The summed E-state index contributed by atoms with van der Waals surface area (Å²) in [7, 11) is 0. The third-order valence-electron chi connectivity index (χ3n) is 5.91. The summed E-state index contributed by atoms with van der Waals surface area (Å²) >= 11 is 0. The zero-order valence-electron chi connectivity index (χ0n) is 18.0. The molecule has 156 valence electrons. The highest BCUT2D eigenvalue weighted by atomic mass is 16.5. The Labute approximate surface area is 185 Å². The van der Waals surface area contributed by atoms with E-state index in [0.29, 0.717) is 18.4 Å². The van der Waals surface area contributed by atoms with Gasteiger partial charge in [-0.2, -0.15) is 0 Å². The molecule has 0 fully saturated rings. The van der Waals surface area contributed by atoms with Crippen molar-refractivity contribution in [1.29, 1.82) is 0 Å². The molecule has 3 aromatic carbocycles. The Balaban J connectivity index is 1.54. The van der Waals surface area contributed by atoms with Gasteiger partial charge >= 0.3 is 0 Å². The zero-order chi connectivity index (χ0) is 21.3. The zero-order valence-corrected chi connectivity index (χ0v) is 18.0. The third kappa shape index (κ3) is 5.61. The molecule has 31 heavy (non-hydrogen) atoms. The van der Waals surface area contributed by atoms with E-state index in [9.17, 15) is 0 Å². The second-order valence-electron chi connectivity index (χ2n) is 7.93. The largest absolute Gasteiger partial charge is 0.489 e. The lowest BCUT2D eigenvalue weighted by molar-refractivity contribution is 0.306. The summed E-state index contributed by atoms with van der Waals surface area (Å²) in [5, 5.41) is 0. The highest BCUT2D eigenvalue weighted by Gasteiger charge is 2.24. The molecule has 0 aliphatic rings. The molecule has 0 radical (unpaired) electrons. The van der Waals surface area contributed by atoms with Crippen LogP contribution in [0.4, 0.5) is 0 Å². The lowest BCUT2D eigenvalue weighted by atomic mass is 9.77. The van der Waals surface area contributed by atoms with Gasteiger partial charge in [0.25, 0.3) is 0 Å². The van der Waals surface area contributed by atoms with Crippen molar-refractivity contribution in [2.45, 2.75) is 38.2 Å². The maximum Gasteiger partial charge on any atom is 0.119 e. The number of benzene rings is 3. The summed E-state index contributed by atoms with van der Waals surface area (Å²) in [5.74, 6) is 1.73. The number of hydrogen-bond acceptors (Lipinski definition) is 2. The third-order valence-corrected chi connectivity index (χ3v) is 5.91. The first kappa shape index (κ1) is 20.9. The molecule has 4 rings (SSSR count). The SMILES string of the molecule is CC[C@@H](c1ccc(OCc2ccccc2)cc1)[C@@H](Cc1ccccc1)c1ccncc1. The summed E-state index contributed by atoms with van der Waals surface area (Å²) < 4.78 is 5.99. The number of rotatable bonds is 9. The number of nitrogens with zero attached hydrogens (tertiary/aromatic N) is 1. The maximum absolute atomic E-state index is 5.99. The van der Waals surface area contributed by atoms with Crippen molar-refractivity contribution in [1.82, 2.24) is 4.98 Å². The molecule has 0 spiro atoms. The summed E-state index contributed by atoms with van der Waals surface area (Å²) in [6, 6.07) is 34.0. The monoisotopic (exact) mass is 407 g/mol. The van der Waals surface area contributed by atoms with Crippen LogP contribution in [0.3, 0.4) is 0 Å². The molecule has 4 aromatic rings. The van der Waals surface area contributed by atoms with Crippen LogP contribution in [-0.2, 0) is 13.0 Å². The Hall–Kier alpha value is -3.39. The van der Waals surface area contributed by atoms with Crippen molar-refractivity contribution < 1.29 is 4.74 Å². The molecule has 0 aliphatic carbocycles. The predicted octanol–water partition coefficient (Wildman–Crippen LogP) is 7.18. The van der Waals surface area contributed by atoms with Gasteiger partial charge in [-0.1, -0.05) is 79.7 Å². The van der Waals surface area contributed by atoms with Crippen LogP contribution in [0.2, 0.25) is 0 Å². The van der Waals surface area contributed by atoms with Crippen molar-refractivity contribution in [3.05, 3.63) is 132 Å². The van der Waals surface area contributed by atoms with Crippen LogP contribution in [0.25, 0.3) is 0 Å². The van der Waals surface area contributed by atoms with Crippen LogP contribution >= 0.6 is 0 Å². The van der Waals surface area contributed by atoms with E-state index in [1.165, 1.54) is 22.3 Å². The highest BCUT2D eigenvalue weighted by Crippen LogP contribution is 2.38. The van der Waals surface area contributed by atoms with Crippen LogP contribution in [-0.4, -0.2) is 4.98 Å². The Bertz CT molecular complexity index is 1030. The van der Waals surface area contributed by atoms with Gasteiger partial charge in [0.1, 0.15) is 12.4 Å². The Morgan fingerprint density at radius 3 is 1.84 bits per heavy atom. The van der Waals surface area contributed by atoms with Gasteiger partial charge in [0.15, 0.2) is 0 Å². The fraction of sp³-hybridized carbons (Fsp3) is 0.207. The van der Waals surface area contributed by atoms with Crippen molar-refractivity contribution in [3.63, 3.8) is 0 Å². The van der Waals surface area contributed by atoms with E-state index in [-0.39, 0.29) is 0 Å². The second-order valence-corrected chi connectivity index (χ2v) is 7.93. The Morgan fingerprint density at radius 2 is 1.23 bits per heavy atom. The normalized spacial score (nSPS) is 12.8. The molecule has 0 saturated heterocycles. The van der Waals surface area contributed by atoms with Gasteiger partial charge in [0, 0.05) is 12.4 Å². The number of hydrogen-bond donors (Lipinski definition) is 0. The highest BCUT2D eigenvalue weighted by molar-refractivity contribution is 5.34. The van der Waals surface area contributed by atoms with Crippen molar-refractivity contribution in [2.75, 3.05) is 0 Å². The van der Waals surface area contributed by atoms with E-state index in [4.69, 9.17) is 4.74 Å². The first-order chi connectivity index (χ1) is 15.3. The van der Waals surface area contributed by atoms with E-state index in [1.54, 1.807) is 0 Å². The van der Waals surface area contributed by atoms with E-state index >= 15 is 0 Å². The second kappa shape index (κ2) is 10.6. The van der Waals surface area contributed by atoms with Gasteiger partial charge in [-0.15, -0.1) is 0 Å². The molecule has 2 atom stereocenters. The van der Waals surface area contributed by atoms with Crippen molar-refractivity contribution in [3.8, 4) is 5.75 Å². The summed E-state index contributed by atoms with van der Waals surface area (Å²) in [6.45, 7) is 2.87. The first-order valence-electron chi connectivity index (χ1n) is 11.0. The molecule has 0 unspecified atom stereocenters. The average molecular weight is 408 g/mol. The van der Waals surface area contributed by atoms with Gasteiger partial charge < -0.3 is 4.74 Å². The van der Waals surface area contributed by atoms with E-state index in [0.717, 1.165) is 18.6 Å². The topological polar surface area (TPSA) is 22.1 Å². The molecule has 1 aromatic heterocycles. The first-order valence-corrected chi connectivity index (χ1v) is 11.0. The molecule has 0 N–H and O–H groups in total. The fourth-order valence-electron chi connectivity index (χ4n) is 4.28. The summed E-state index contributed by atoms with van der Waals surface area (Å²) in [6.07, 6.45) is 5.89. The number of aromatic nitrogens is 1. The van der Waals surface area contributed by atoms with Gasteiger partial charge in [0.05, 0.1) is 0 Å². The van der Waals surface area contributed by atoms with Crippen LogP contribution < -0.4 is 4.74 Å². The molecule has 0 saturated carbocycles. The van der Waals surface area contributed by atoms with E-state index < -0.39 is 0 Å². The summed E-state index contributed by atoms with van der Waals surface area (Å²) in [5.41, 5.74) is 5.24.